The molecule has 1 fully saturated rings. The van der Waals surface area contributed by atoms with Gasteiger partial charge in [0, 0.05) is 19.5 Å². The third-order valence-corrected chi connectivity index (χ3v) is 5.08. The van der Waals surface area contributed by atoms with Crippen LogP contribution in [0.4, 0.5) is 0 Å². The first-order chi connectivity index (χ1) is 14.0. The quantitative estimate of drug-likeness (QED) is 0.698. The average molecular weight is 394 g/mol. The van der Waals surface area contributed by atoms with E-state index in [9.17, 15) is 14.4 Å². The van der Waals surface area contributed by atoms with Gasteiger partial charge < -0.3 is 15.0 Å². The van der Waals surface area contributed by atoms with Gasteiger partial charge in [0.05, 0.1) is 12.0 Å². The van der Waals surface area contributed by atoms with E-state index in [1.807, 2.05) is 67.6 Å². The minimum absolute atomic E-state index is 0.0509. The van der Waals surface area contributed by atoms with Crippen LogP contribution in [0.1, 0.15) is 30.5 Å². The van der Waals surface area contributed by atoms with Crippen molar-refractivity contribution in [2.45, 2.75) is 25.8 Å². The molecule has 2 amide bonds. The molecule has 0 saturated carbocycles. The van der Waals surface area contributed by atoms with Gasteiger partial charge in [0.15, 0.2) is 6.61 Å². The second-order valence-corrected chi connectivity index (χ2v) is 7.28. The number of amides is 2. The Morgan fingerprint density at radius 1 is 1.10 bits per heavy atom. The fourth-order valence-electron chi connectivity index (χ4n) is 3.42. The molecule has 2 aromatic rings. The zero-order valence-electron chi connectivity index (χ0n) is 16.5. The molecule has 152 valence electrons. The number of likely N-dealkylation sites (tertiary alicyclic amines) is 1. The number of nitrogens with zero attached hydrogens (tertiary/aromatic N) is 1. The molecule has 1 heterocycles. The van der Waals surface area contributed by atoms with Crippen LogP contribution in [0.15, 0.2) is 60.7 Å². The van der Waals surface area contributed by atoms with E-state index in [1.54, 1.807) is 4.90 Å². The van der Waals surface area contributed by atoms with Crippen LogP contribution in [0.2, 0.25) is 0 Å². The van der Waals surface area contributed by atoms with Crippen LogP contribution in [0, 0.1) is 5.92 Å². The summed E-state index contributed by atoms with van der Waals surface area (Å²) in [5, 5.41) is 2.80. The number of carbonyl (C=O) groups excluding carboxylic acids is 3. The second-order valence-electron chi connectivity index (χ2n) is 7.28. The third-order valence-electron chi connectivity index (χ3n) is 5.08. The van der Waals surface area contributed by atoms with Gasteiger partial charge in [-0.15, -0.1) is 0 Å². The van der Waals surface area contributed by atoms with Crippen LogP contribution in [-0.4, -0.2) is 42.4 Å². The predicted molar refractivity (Wildman–Crippen MR) is 109 cm³/mol. The lowest BCUT2D eigenvalue weighted by Gasteiger charge is -2.17. The lowest BCUT2D eigenvalue weighted by atomic mass is 10.1. The Balaban J connectivity index is 1.41. The fourth-order valence-corrected chi connectivity index (χ4v) is 3.42. The predicted octanol–water partition coefficient (Wildman–Crippen LogP) is 2.50. The first-order valence-electron chi connectivity index (χ1n) is 9.85. The zero-order valence-corrected chi connectivity index (χ0v) is 16.5. The van der Waals surface area contributed by atoms with Crippen molar-refractivity contribution >= 4 is 17.8 Å². The maximum Gasteiger partial charge on any atom is 0.311 e. The summed E-state index contributed by atoms with van der Waals surface area (Å²) in [7, 11) is 0. The SMILES string of the molecule is C[C@H](NC(=O)COC(=O)[C@H]1CC(=O)N(CCc2ccccc2)C1)c1ccccc1. The van der Waals surface area contributed by atoms with Crippen molar-refractivity contribution in [2.75, 3.05) is 19.7 Å². The molecule has 0 radical (unpaired) electrons. The van der Waals surface area contributed by atoms with Gasteiger partial charge in [0.2, 0.25) is 5.91 Å². The number of carbonyl (C=O) groups is 3. The van der Waals surface area contributed by atoms with Gasteiger partial charge in [-0.3, -0.25) is 14.4 Å². The lowest BCUT2D eigenvalue weighted by Crippen LogP contribution is -2.33. The second kappa shape index (κ2) is 9.87. The number of ether oxygens (including phenoxy) is 1. The van der Waals surface area contributed by atoms with Gasteiger partial charge >= 0.3 is 5.97 Å². The summed E-state index contributed by atoms with van der Waals surface area (Å²) in [5.41, 5.74) is 2.12. The minimum atomic E-state index is -0.516. The number of hydrogen-bond donors (Lipinski definition) is 1. The highest BCUT2D eigenvalue weighted by Crippen LogP contribution is 2.20. The normalized spacial score (nSPS) is 17.1. The Bertz CT molecular complexity index is 838. The number of nitrogens with one attached hydrogen (secondary N) is 1. The summed E-state index contributed by atoms with van der Waals surface area (Å²) >= 11 is 0. The van der Waals surface area contributed by atoms with Crippen LogP contribution in [0.25, 0.3) is 0 Å². The van der Waals surface area contributed by atoms with Gasteiger partial charge in [0.1, 0.15) is 0 Å². The molecule has 0 unspecified atom stereocenters. The maximum atomic E-state index is 12.3. The molecule has 1 aliphatic heterocycles. The van der Waals surface area contributed by atoms with Crippen molar-refractivity contribution in [2.24, 2.45) is 5.92 Å². The van der Waals surface area contributed by atoms with Gasteiger partial charge in [-0.2, -0.15) is 0 Å². The molecule has 6 heteroatoms. The number of hydrogen-bond acceptors (Lipinski definition) is 4. The summed E-state index contributed by atoms with van der Waals surface area (Å²) in [5.74, 6) is -1.43. The molecule has 1 N–H and O–H groups in total. The van der Waals surface area contributed by atoms with Crippen molar-refractivity contribution in [3.05, 3.63) is 71.8 Å². The highest BCUT2D eigenvalue weighted by molar-refractivity contribution is 5.88. The molecule has 6 nitrogen and oxygen atoms in total. The molecular formula is C23H26N2O4. The first-order valence-corrected chi connectivity index (χ1v) is 9.85. The van der Waals surface area contributed by atoms with Crippen molar-refractivity contribution in [1.82, 2.24) is 10.2 Å². The van der Waals surface area contributed by atoms with E-state index in [-0.39, 0.29) is 30.9 Å². The zero-order chi connectivity index (χ0) is 20.6. The molecule has 29 heavy (non-hydrogen) atoms. The topological polar surface area (TPSA) is 75.7 Å². The first kappa shape index (κ1) is 20.6. The Kier molecular flexibility index (Phi) is 7.00. The smallest absolute Gasteiger partial charge is 0.311 e. The summed E-state index contributed by atoms with van der Waals surface area (Å²) in [6, 6.07) is 19.3. The van der Waals surface area contributed by atoms with Crippen molar-refractivity contribution in [1.29, 1.82) is 0 Å². The molecule has 0 spiro atoms. The molecule has 1 aliphatic rings. The largest absolute Gasteiger partial charge is 0.455 e. The minimum Gasteiger partial charge on any atom is -0.455 e. The number of benzene rings is 2. The third kappa shape index (κ3) is 5.91. The van der Waals surface area contributed by atoms with Crippen molar-refractivity contribution in [3.63, 3.8) is 0 Å². The van der Waals surface area contributed by atoms with Crippen molar-refractivity contribution < 1.29 is 19.1 Å². The number of rotatable bonds is 8. The Morgan fingerprint density at radius 2 is 1.76 bits per heavy atom. The maximum absolute atomic E-state index is 12.3. The van der Waals surface area contributed by atoms with Crippen LogP contribution >= 0.6 is 0 Å². The van der Waals surface area contributed by atoms with Gasteiger partial charge in [-0.05, 0) is 24.5 Å². The molecule has 3 rings (SSSR count). The Hall–Kier alpha value is -3.15. The lowest BCUT2D eigenvalue weighted by molar-refractivity contribution is -0.152. The Morgan fingerprint density at radius 3 is 2.45 bits per heavy atom. The van der Waals surface area contributed by atoms with Gasteiger partial charge in [0.25, 0.3) is 5.91 Å². The number of esters is 1. The standard InChI is InChI=1S/C23H26N2O4/c1-17(19-10-6-3-7-11-19)24-21(26)16-29-23(28)20-14-22(27)25(15-20)13-12-18-8-4-2-5-9-18/h2-11,17,20H,12-16H2,1H3,(H,24,26)/t17-,20-/m0/s1. The molecule has 0 aliphatic carbocycles. The monoisotopic (exact) mass is 394 g/mol. The van der Waals surface area contributed by atoms with Crippen LogP contribution in [0.5, 0.6) is 0 Å². The molecule has 1 saturated heterocycles. The summed E-state index contributed by atoms with van der Waals surface area (Å²) in [4.78, 5) is 38.2. The van der Waals surface area contributed by atoms with Crippen molar-refractivity contribution in [3.8, 4) is 0 Å². The highest BCUT2D eigenvalue weighted by atomic mass is 16.5. The van der Waals surface area contributed by atoms with Crippen LogP contribution in [0.3, 0.4) is 0 Å². The van der Waals surface area contributed by atoms with E-state index in [4.69, 9.17) is 4.74 Å². The highest BCUT2D eigenvalue weighted by Gasteiger charge is 2.35. The molecule has 2 aromatic carbocycles. The summed E-state index contributed by atoms with van der Waals surface area (Å²) in [6.45, 7) is 2.44. The average Bonchev–Trinajstić information content (AvgIpc) is 3.12. The van der Waals surface area contributed by atoms with E-state index in [0.29, 0.717) is 13.1 Å². The van der Waals surface area contributed by atoms with E-state index >= 15 is 0 Å². The van der Waals surface area contributed by atoms with Crippen LogP contribution in [-0.2, 0) is 25.5 Å². The summed E-state index contributed by atoms with van der Waals surface area (Å²) in [6.07, 6.45) is 0.879. The van der Waals surface area contributed by atoms with Crippen LogP contribution < -0.4 is 5.32 Å². The molecule has 2 atom stereocenters. The Labute approximate surface area is 170 Å². The molecule has 0 bridgehead atoms. The van der Waals surface area contributed by atoms with E-state index in [2.05, 4.69) is 5.32 Å². The molecule has 0 aromatic heterocycles. The van der Waals surface area contributed by atoms with E-state index in [1.165, 1.54) is 0 Å². The van der Waals surface area contributed by atoms with Gasteiger partial charge in [-0.25, -0.2) is 0 Å². The fraction of sp³-hybridized carbons (Fsp3) is 0.348. The van der Waals surface area contributed by atoms with E-state index in [0.717, 1.165) is 17.5 Å². The van der Waals surface area contributed by atoms with Gasteiger partial charge in [-0.1, -0.05) is 60.7 Å². The van der Waals surface area contributed by atoms with E-state index < -0.39 is 11.9 Å². The summed E-state index contributed by atoms with van der Waals surface area (Å²) < 4.78 is 5.15. The molecular weight excluding hydrogens is 368 g/mol.